The van der Waals surface area contributed by atoms with Crippen molar-refractivity contribution in [1.82, 2.24) is 25.8 Å². The number of carbonyl (C=O) groups is 5. The Kier molecular flexibility index (Phi) is 8.45. The number of nitriles is 1. The van der Waals surface area contributed by atoms with Crippen LogP contribution in [-0.2, 0) is 24.0 Å². The lowest BCUT2D eigenvalue weighted by Crippen LogP contribution is -2.66. The molecule has 7 atom stereocenters. The largest absolute Gasteiger partial charge is 0.477 e. The summed E-state index contributed by atoms with van der Waals surface area (Å²) in [6.07, 6.45) is -2.45. The highest BCUT2D eigenvalue weighted by Crippen LogP contribution is 2.51. The van der Waals surface area contributed by atoms with Crippen LogP contribution in [0.5, 0.6) is 0 Å². The molecular formula is C24H30F2N6O6S. The zero-order valence-corrected chi connectivity index (χ0v) is 22.2. The first kappa shape index (κ1) is 28.8. The number of carboxylic acids is 1. The number of hydrogen-bond donors (Lipinski definition) is 4. The number of nitrogens with one attached hydrogen (secondary N) is 3. The van der Waals surface area contributed by atoms with Crippen LogP contribution >= 0.6 is 11.8 Å². The summed E-state index contributed by atoms with van der Waals surface area (Å²) in [4.78, 5) is 64.5. The van der Waals surface area contributed by atoms with Gasteiger partial charge in [-0.15, -0.1) is 11.8 Å². The van der Waals surface area contributed by atoms with Crippen LogP contribution in [0.15, 0.2) is 10.6 Å². The molecule has 0 radical (unpaired) electrons. The third-order valence-electron chi connectivity index (χ3n) is 7.69. The van der Waals surface area contributed by atoms with Crippen LogP contribution in [0.2, 0.25) is 0 Å². The first-order chi connectivity index (χ1) is 18.4. The topological polar surface area (TPSA) is 172 Å². The molecule has 4 N–H and O–H groups in total. The molecule has 4 heterocycles. The summed E-state index contributed by atoms with van der Waals surface area (Å²) < 4.78 is 25.4. The van der Waals surface area contributed by atoms with Crippen LogP contribution in [0.1, 0.15) is 33.1 Å². The molecule has 0 unspecified atom stereocenters. The first-order valence-corrected chi connectivity index (χ1v) is 13.6. The number of fused-ring (bicyclic) bond motifs is 1. The average Bonchev–Trinajstić information content (AvgIpc) is 3.57. The lowest BCUT2D eigenvalue weighted by atomic mass is 9.78. The second kappa shape index (κ2) is 11.5. The molecule has 12 nitrogen and oxygen atoms in total. The smallest absolute Gasteiger partial charge is 0.353 e. The number of carbonyl (C=O) groups excluding carboxylic acids is 4. The highest BCUT2D eigenvalue weighted by Gasteiger charge is 2.60. The van der Waals surface area contributed by atoms with Crippen molar-refractivity contribution in [2.75, 3.05) is 19.6 Å². The van der Waals surface area contributed by atoms with Crippen LogP contribution in [0.3, 0.4) is 0 Å². The molecule has 0 aromatic carbocycles. The number of hydrogen-bond acceptors (Lipinski definition) is 8. The van der Waals surface area contributed by atoms with Gasteiger partial charge in [0.25, 0.3) is 5.91 Å². The van der Waals surface area contributed by atoms with Crippen LogP contribution in [0.4, 0.5) is 8.78 Å². The predicted octanol–water partition coefficient (Wildman–Crippen LogP) is -0.376. The summed E-state index contributed by atoms with van der Waals surface area (Å²) in [5.74, 6) is -5.03. The minimum absolute atomic E-state index is 0.121. The SMILES string of the molecule is C[C@@H](NC(=O)C(F)F)[C@H]1C(=O)N2C(C(=O)O)=C(S[C@@H]3CN[C@H](C(=O)N4CC[C@H](NC(=O)CC#N)C4)C3)[C@H](C)[C@H]12. The van der Waals surface area contributed by atoms with Crippen LogP contribution in [0.25, 0.3) is 0 Å². The molecule has 0 bridgehead atoms. The fourth-order valence-corrected chi connectivity index (χ4v) is 7.36. The number of nitrogens with zero attached hydrogens (tertiary/aromatic N) is 3. The molecule has 39 heavy (non-hydrogen) atoms. The number of carboxylic acid groups (broad SMARTS) is 1. The molecule has 4 aliphatic rings. The quantitative estimate of drug-likeness (QED) is 0.271. The highest BCUT2D eigenvalue weighted by molar-refractivity contribution is 8.03. The molecule has 212 valence electrons. The van der Waals surface area contributed by atoms with E-state index in [4.69, 9.17) is 5.26 Å². The van der Waals surface area contributed by atoms with Gasteiger partial charge in [-0.3, -0.25) is 19.2 Å². The second-order valence-electron chi connectivity index (χ2n) is 10.2. The number of amides is 4. The lowest BCUT2D eigenvalue weighted by molar-refractivity contribution is -0.159. The number of β-lactam (4-membered cyclic amide) rings is 1. The number of thioether (sulfide) groups is 1. The van der Waals surface area contributed by atoms with Gasteiger partial charge in [0.1, 0.15) is 12.1 Å². The zero-order valence-electron chi connectivity index (χ0n) is 21.4. The van der Waals surface area contributed by atoms with Crippen molar-refractivity contribution in [3.8, 4) is 6.07 Å². The van der Waals surface area contributed by atoms with E-state index in [1.807, 2.05) is 0 Å². The minimum atomic E-state index is -3.22. The summed E-state index contributed by atoms with van der Waals surface area (Å²) in [7, 11) is 0. The Labute approximate surface area is 227 Å². The summed E-state index contributed by atoms with van der Waals surface area (Å²) in [6, 6.07) is -0.393. The van der Waals surface area contributed by atoms with E-state index in [1.54, 1.807) is 17.9 Å². The Morgan fingerprint density at radius 2 is 2.03 bits per heavy atom. The maximum Gasteiger partial charge on any atom is 0.353 e. The summed E-state index contributed by atoms with van der Waals surface area (Å²) in [6.45, 7) is 4.47. The van der Waals surface area contributed by atoms with Crippen molar-refractivity contribution in [2.45, 2.75) is 69.0 Å². The summed E-state index contributed by atoms with van der Waals surface area (Å²) in [5.41, 5.74) is -0.142. The van der Waals surface area contributed by atoms with E-state index < -0.39 is 54.2 Å². The van der Waals surface area contributed by atoms with Gasteiger partial charge in [-0.2, -0.15) is 14.0 Å². The molecule has 4 aliphatic heterocycles. The molecule has 0 aromatic rings. The van der Waals surface area contributed by atoms with Crippen LogP contribution in [-0.4, -0.2) is 100.0 Å². The first-order valence-electron chi connectivity index (χ1n) is 12.7. The molecule has 4 rings (SSSR count). The highest BCUT2D eigenvalue weighted by atomic mass is 32.2. The van der Waals surface area contributed by atoms with Crippen molar-refractivity contribution in [2.24, 2.45) is 11.8 Å². The summed E-state index contributed by atoms with van der Waals surface area (Å²) >= 11 is 1.30. The normalized spacial score (nSPS) is 30.6. The lowest BCUT2D eigenvalue weighted by Gasteiger charge is -2.47. The summed E-state index contributed by atoms with van der Waals surface area (Å²) in [5, 5.41) is 26.5. The minimum Gasteiger partial charge on any atom is -0.477 e. The number of halogens is 2. The van der Waals surface area contributed by atoms with Gasteiger partial charge in [-0.05, 0) is 19.8 Å². The third-order valence-corrected chi connectivity index (χ3v) is 9.20. The predicted molar refractivity (Wildman–Crippen MR) is 133 cm³/mol. The number of alkyl halides is 2. The molecule has 3 fully saturated rings. The molecule has 0 aliphatic carbocycles. The van der Waals surface area contributed by atoms with Gasteiger partial charge >= 0.3 is 12.4 Å². The maximum absolute atomic E-state index is 13.1. The van der Waals surface area contributed by atoms with Gasteiger partial charge in [-0.25, -0.2) is 4.79 Å². The van der Waals surface area contributed by atoms with Gasteiger partial charge in [0.2, 0.25) is 17.7 Å². The van der Waals surface area contributed by atoms with Crippen LogP contribution in [0, 0.1) is 23.2 Å². The molecule has 0 aromatic heterocycles. The van der Waals surface area contributed by atoms with Crippen molar-refractivity contribution in [1.29, 1.82) is 5.26 Å². The van der Waals surface area contributed by atoms with Crippen molar-refractivity contribution >= 4 is 41.4 Å². The van der Waals surface area contributed by atoms with Gasteiger partial charge in [0.15, 0.2) is 0 Å². The monoisotopic (exact) mass is 568 g/mol. The van der Waals surface area contributed by atoms with E-state index in [1.165, 1.54) is 23.6 Å². The maximum atomic E-state index is 13.1. The Morgan fingerprint density at radius 1 is 1.31 bits per heavy atom. The van der Waals surface area contributed by atoms with E-state index in [0.29, 0.717) is 37.4 Å². The van der Waals surface area contributed by atoms with Crippen LogP contribution < -0.4 is 16.0 Å². The molecule has 4 amide bonds. The Morgan fingerprint density at radius 3 is 2.67 bits per heavy atom. The molecular weight excluding hydrogens is 538 g/mol. The van der Waals surface area contributed by atoms with Gasteiger partial charge < -0.3 is 30.9 Å². The van der Waals surface area contributed by atoms with Gasteiger partial charge in [-0.1, -0.05) is 6.92 Å². The van der Waals surface area contributed by atoms with Gasteiger partial charge in [0, 0.05) is 47.8 Å². The van der Waals surface area contributed by atoms with Gasteiger partial charge in [0.05, 0.1) is 24.1 Å². The Hall–Kier alpha value is -3.25. The van der Waals surface area contributed by atoms with E-state index in [2.05, 4.69) is 16.0 Å². The second-order valence-corrected chi connectivity index (χ2v) is 11.6. The average molecular weight is 569 g/mol. The van der Waals surface area contributed by atoms with E-state index in [9.17, 15) is 37.9 Å². The number of likely N-dealkylation sites (tertiary alicyclic amines) is 1. The van der Waals surface area contributed by atoms with E-state index >= 15 is 0 Å². The molecule has 15 heteroatoms. The molecule has 0 saturated carbocycles. The van der Waals surface area contributed by atoms with E-state index in [-0.39, 0.29) is 35.2 Å². The van der Waals surface area contributed by atoms with Crippen molar-refractivity contribution in [3.05, 3.63) is 10.6 Å². The fraction of sp³-hybridized carbons (Fsp3) is 0.667. The standard InChI is InChI=1S/C24H30F2N6O6S/c1-10-17-16(11(2)29-21(34)20(25)26)23(36)32(17)18(24(37)38)19(10)39-13-7-14(28-8-13)22(35)31-6-4-12(9-31)30-15(33)3-5-27/h10-14,16-17,20,28H,3-4,6-9H2,1-2H3,(H,29,34)(H,30,33)(H,37,38)/t10-,11-,12+,13+,14+,16-,17-/m1/s1. The molecule has 0 spiro atoms. The fourth-order valence-electron chi connectivity index (χ4n) is 5.88. The van der Waals surface area contributed by atoms with E-state index in [0.717, 1.165) is 0 Å². The third kappa shape index (κ3) is 5.58. The Balaban J connectivity index is 1.37. The zero-order chi connectivity index (χ0) is 28.6. The molecule has 3 saturated heterocycles. The Bertz CT molecular complexity index is 1140. The van der Waals surface area contributed by atoms with Crippen molar-refractivity contribution < 1.29 is 37.9 Å². The number of rotatable bonds is 9. The number of aliphatic carboxylic acids is 1. The van der Waals surface area contributed by atoms with Crippen molar-refractivity contribution in [3.63, 3.8) is 0 Å².